The van der Waals surface area contributed by atoms with E-state index in [0.29, 0.717) is 6.61 Å². The van der Waals surface area contributed by atoms with E-state index in [1.54, 1.807) is 0 Å². The summed E-state index contributed by atoms with van der Waals surface area (Å²) in [5.41, 5.74) is 0.389. The van der Waals surface area contributed by atoms with Crippen molar-refractivity contribution in [2.24, 2.45) is 16.7 Å². The lowest BCUT2D eigenvalue weighted by molar-refractivity contribution is -0.0398. The Bertz CT molecular complexity index is 232. The van der Waals surface area contributed by atoms with Crippen molar-refractivity contribution in [3.8, 4) is 0 Å². The van der Waals surface area contributed by atoms with E-state index in [-0.39, 0.29) is 10.8 Å². The molecule has 0 bridgehead atoms. The molecule has 1 aliphatic heterocycles. The van der Waals surface area contributed by atoms with Gasteiger partial charge in [0.05, 0.1) is 0 Å². The SMILES string of the molecule is CC(C)(C)C1(CO)CCN(CC2CC2)CC1. The minimum absolute atomic E-state index is 0.160. The van der Waals surface area contributed by atoms with E-state index in [1.807, 2.05) is 0 Å². The largest absolute Gasteiger partial charge is 0.396 e. The predicted octanol–water partition coefficient (Wildman–Crippen LogP) is 2.52. The Morgan fingerprint density at radius 2 is 1.75 bits per heavy atom. The van der Waals surface area contributed by atoms with E-state index in [0.717, 1.165) is 5.92 Å². The summed E-state index contributed by atoms with van der Waals surface area (Å²) in [6, 6.07) is 0. The fourth-order valence-electron chi connectivity index (χ4n) is 2.97. The molecule has 0 unspecified atom stereocenters. The molecule has 1 aliphatic carbocycles. The molecule has 16 heavy (non-hydrogen) atoms. The Hall–Kier alpha value is -0.0800. The summed E-state index contributed by atoms with van der Waals surface area (Å²) in [4.78, 5) is 2.61. The van der Waals surface area contributed by atoms with Crippen LogP contribution in [0.1, 0.15) is 46.5 Å². The van der Waals surface area contributed by atoms with Crippen LogP contribution in [0.4, 0.5) is 0 Å². The van der Waals surface area contributed by atoms with Crippen LogP contribution in [0.2, 0.25) is 0 Å². The fraction of sp³-hybridized carbons (Fsp3) is 1.00. The number of likely N-dealkylation sites (tertiary alicyclic amines) is 1. The Kier molecular flexibility index (Phi) is 3.33. The highest BCUT2D eigenvalue weighted by molar-refractivity contribution is 4.94. The molecule has 1 saturated carbocycles. The molecule has 1 saturated heterocycles. The lowest BCUT2D eigenvalue weighted by atomic mass is 9.62. The highest BCUT2D eigenvalue weighted by Gasteiger charge is 2.43. The van der Waals surface area contributed by atoms with Gasteiger partial charge in [0.15, 0.2) is 0 Å². The highest BCUT2D eigenvalue weighted by atomic mass is 16.3. The minimum atomic E-state index is 0.160. The summed E-state index contributed by atoms with van der Waals surface area (Å²) >= 11 is 0. The molecule has 0 aromatic rings. The molecule has 2 heteroatoms. The first-order valence-electron chi connectivity index (χ1n) is 6.80. The van der Waals surface area contributed by atoms with Gasteiger partial charge in [0.1, 0.15) is 0 Å². The summed E-state index contributed by atoms with van der Waals surface area (Å²) < 4.78 is 0. The van der Waals surface area contributed by atoms with Crippen LogP contribution in [0.3, 0.4) is 0 Å². The smallest absolute Gasteiger partial charge is 0.0493 e. The van der Waals surface area contributed by atoms with Crippen molar-refractivity contribution in [2.75, 3.05) is 26.2 Å². The number of hydrogen-bond acceptors (Lipinski definition) is 2. The summed E-state index contributed by atoms with van der Waals surface area (Å²) in [6.45, 7) is 10.9. The summed E-state index contributed by atoms with van der Waals surface area (Å²) in [5, 5.41) is 9.74. The molecule has 0 amide bonds. The molecule has 2 fully saturated rings. The van der Waals surface area contributed by atoms with Crippen LogP contribution in [-0.4, -0.2) is 36.2 Å². The monoisotopic (exact) mass is 225 g/mol. The second-order valence-corrected chi connectivity index (χ2v) is 6.93. The molecule has 0 spiro atoms. The molecule has 94 valence electrons. The van der Waals surface area contributed by atoms with Gasteiger partial charge < -0.3 is 10.0 Å². The molecule has 2 rings (SSSR count). The van der Waals surface area contributed by atoms with Crippen LogP contribution in [0.15, 0.2) is 0 Å². The van der Waals surface area contributed by atoms with Crippen molar-refractivity contribution in [1.29, 1.82) is 0 Å². The Labute approximate surface area is 100 Å². The van der Waals surface area contributed by atoms with Crippen molar-refractivity contribution >= 4 is 0 Å². The third-order valence-corrected chi connectivity index (χ3v) is 4.92. The normalized spacial score (nSPS) is 27.0. The number of aliphatic hydroxyl groups excluding tert-OH is 1. The summed E-state index contributed by atoms with van der Waals surface area (Å²) in [7, 11) is 0. The van der Waals surface area contributed by atoms with Crippen LogP contribution in [0.5, 0.6) is 0 Å². The van der Waals surface area contributed by atoms with Crippen molar-refractivity contribution in [3.63, 3.8) is 0 Å². The van der Waals surface area contributed by atoms with Crippen LogP contribution in [0, 0.1) is 16.7 Å². The summed E-state index contributed by atoms with van der Waals surface area (Å²) in [6.07, 6.45) is 5.22. The van der Waals surface area contributed by atoms with E-state index in [9.17, 15) is 5.11 Å². The molecule has 1 N–H and O–H groups in total. The van der Waals surface area contributed by atoms with Gasteiger partial charge in [-0.2, -0.15) is 0 Å². The lowest BCUT2D eigenvalue weighted by Gasteiger charge is -2.49. The van der Waals surface area contributed by atoms with Crippen LogP contribution >= 0.6 is 0 Å². The predicted molar refractivity (Wildman–Crippen MR) is 67.4 cm³/mol. The molecular formula is C14H27NO. The standard InChI is InChI=1S/C14H27NO/c1-13(2,3)14(11-16)6-8-15(9-7-14)10-12-4-5-12/h12,16H,4-11H2,1-3H3. The van der Waals surface area contributed by atoms with Crippen molar-refractivity contribution in [3.05, 3.63) is 0 Å². The van der Waals surface area contributed by atoms with Gasteiger partial charge in [0, 0.05) is 18.6 Å². The number of nitrogens with zero attached hydrogens (tertiary/aromatic N) is 1. The van der Waals surface area contributed by atoms with Gasteiger partial charge in [-0.1, -0.05) is 20.8 Å². The van der Waals surface area contributed by atoms with Crippen molar-refractivity contribution in [2.45, 2.75) is 46.5 Å². The Morgan fingerprint density at radius 1 is 1.19 bits per heavy atom. The second-order valence-electron chi connectivity index (χ2n) is 6.93. The van der Waals surface area contributed by atoms with Crippen LogP contribution in [-0.2, 0) is 0 Å². The van der Waals surface area contributed by atoms with E-state index in [4.69, 9.17) is 0 Å². The first kappa shape index (κ1) is 12.4. The first-order valence-corrected chi connectivity index (χ1v) is 6.80. The van der Waals surface area contributed by atoms with E-state index in [1.165, 1.54) is 45.3 Å². The zero-order valence-corrected chi connectivity index (χ0v) is 11.1. The maximum atomic E-state index is 9.74. The van der Waals surface area contributed by atoms with E-state index < -0.39 is 0 Å². The zero-order valence-electron chi connectivity index (χ0n) is 11.1. The number of rotatable bonds is 3. The van der Waals surface area contributed by atoms with Gasteiger partial charge in [-0.3, -0.25) is 0 Å². The molecule has 1 heterocycles. The van der Waals surface area contributed by atoms with Crippen molar-refractivity contribution < 1.29 is 5.11 Å². The molecule has 0 aromatic carbocycles. The summed E-state index contributed by atoms with van der Waals surface area (Å²) in [5.74, 6) is 0.997. The average molecular weight is 225 g/mol. The third kappa shape index (κ3) is 2.43. The van der Waals surface area contributed by atoms with E-state index >= 15 is 0 Å². The zero-order chi connectivity index (χ0) is 11.8. The molecule has 0 atom stereocenters. The minimum Gasteiger partial charge on any atom is -0.396 e. The quantitative estimate of drug-likeness (QED) is 0.798. The van der Waals surface area contributed by atoms with Gasteiger partial charge >= 0.3 is 0 Å². The number of hydrogen-bond donors (Lipinski definition) is 1. The lowest BCUT2D eigenvalue weighted by Crippen LogP contribution is -2.49. The van der Waals surface area contributed by atoms with Gasteiger partial charge in [-0.05, 0) is 50.1 Å². The van der Waals surface area contributed by atoms with Gasteiger partial charge in [-0.25, -0.2) is 0 Å². The molecule has 0 radical (unpaired) electrons. The van der Waals surface area contributed by atoms with Crippen LogP contribution in [0.25, 0.3) is 0 Å². The highest BCUT2D eigenvalue weighted by Crippen LogP contribution is 2.46. The molecule has 2 aliphatic rings. The molecular weight excluding hydrogens is 198 g/mol. The molecule has 2 nitrogen and oxygen atoms in total. The van der Waals surface area contributed by atoms with Crippen LogP contribution < -0.4 is 0 Å². The number of aliphatic hydroxyl groups is 1. The maximum absolute atomic E-state index is 9.74. The Morgan fingerprint density at radius 3 is 2.12 bits per heavy atom. The van der Waals surface area contributed by atoms with Gasteiger partial charge in [0.25, 0.3) is 0 Å². The average Bonchev–Trinajstić information content (AvgIpc) is 3.01. The first-order chi connectivity index (χ1) is 7.47. The second kappa shape index (κ2) is 4.30. The van der Waals surface area contributed by atoms with E-state index in [2.05, 4.69) is 25.7 Å². The van der Waals surface area contributed by atoms with Gasteiger partial charge in [-0.15, -0.1) is 0 Å². The molecule has 0 aromatic heterocycles. The maximum Gasteiger partial charge on any atom is 0.0493 e. The topological polar surface area (TPSA) is 23.5 Å². The van der Waals surface area contributed by atoms with Gasteiger partial charge in [0.2, 0.25) is 0 Å². The Balaban J connectivity index is 1.90. The third-order valence-electron chi connectivity index (χ3n) is 4.92. The van der Waals surface area contributed by atoms with Crippen molar-refractivity contribution in [1.82, 2.24) is 4.90 Å². The number of piperidine rings is 1. The fourth-order valence-corrected chi connectivity index (χ4v) is 2.97.